The van der Waals surface area contributed by atoms with Gasteiger partial charge in [0.1, 0.15) is 5.75 Å². The summed E-state index contributed by atoms with van der Waals surface area (Å²) < 4.78 is 5.24. The van der Waals surface area contributed by atoms with Crippen molar-refractivity contribution < 1.29 is 14.6 Å². The van der Waals surface area contributed by atoms with Crippen LogP contribution in [0.5, 0.6) is 5.75 Å². The molecule has 1 atom stereocenters. The minimum absolute atomic E-state index is 0.199. The molecule has 1 heterocycles. The Morgan fingerprint density at radius 2 is 1.50 bits per heavy atom. The van der Waals surface area contributed by atoms with Crippen molar-refractivity contribution in [2.45, 2.75) is 12.6 Å². The van der Waals surface area contributed by atoms with Gasteiger partial charge in [-0.2, -0.15) is 0 Å². The van der Waals surface area contributed by atoms with Crippen LogP contribution >= 0.6 is 0 Å². The van der Waals surface area contributed by atoms with Crippen molar-refractivity contribution in [3.63, 3.8) is 0 Å². The highest BCUT2D eigenvalue weighted by Crippen LogP contribution is 2.43. The van der Waals surface area contributed by atoms with Crippen molar-refractivity contribution in [1.29, 1.82) is 0 Å². The minimum atomic E-state index is -0.359. The van der Waals surface area contributed by atoms with E-state index in [1.807, 2.05) is 84.9 Å². The lowest BCUT2D eigenvalue weighted by Crippen LogP contribution is -2.29. The lowest BCUT2D eigenvalue weighted by molar-refractivity contribution is -0.130. The molecule has 0 saturated carbocycles. The van der Waals surface area contributed by atoms with E-state index >= 15 is 0 Å². The van der Waals surface area contributed by atoms with E-state index in [1.54, 1.807) is 12.0 Å². The second kappa shape index (κ2) is 7.61. The molecule has 0 aromatic heterocycles. The number of carbonyl (C=O) groups excluding carboxylic acids is 1. The molecule has 3 aromatic carbocycles. The molecule has 140 valence electrons. The lowest BCUT2D eigenvalue weighted by atomic mass is 9.93. The average Bonchev–Trinajstić information content (AvgIpc) is 3.00. The summed E-state index contributed by atoms with van der Waals surface area (Å²) in [5.41, 5.74) is 3.40. The summed E-state index contributed by atoms with van der Waals surface area (Å²) in [5, 5.41) is 10.8. The molecule has 0 spiro atoms. The van der Waals surface area contributed by atoms with Crippen LogP contribution in [0.2, 0.25) is 0 Å². The molecule has 0 aliphatic carbocycles. The molecule has 1 N–H and O–H groups in total. The fourth-order valence-electron chi connectivity index (χ4n) is 3.64. The van der Waals surface area contributed by atoms with Crippen molar-refractivity contribution in [3.05, 3.63) is 107 Å². The van der Waals surface area contributed by atoms with Gasteiger partial charge >= 0.3 is 0 Å². The number of rotatable bonds is 5. The van der Waals surface area contributed by atoms with E-state index in [1.165, 1.54) is 0 Å². The summed E-state index contributed by atoms with van der Waals surface area (Å²) in [5.74, 6) is 0.170. The topological polar surface area (TPSA) is 49.8 Å². The summed E-state index contributed by atoms with van der Waals surface area (Å²) in [4.78, 5) is 14.7. The van der Waals surface area contributed by atoms with E-state index in [2.05, 4.69) is 0 Å². The summed E-state index contributed by atoms with van der Waals surface area (Å²) in [7, 11) is 1.61. The predicted octanol–water partition coefficient (Wildman–Crippen LogP) is 4.75. The maximum absolute atomic E-state index is 13.0. The Morgan fingerprint density at radius 3 is 2.11 bits per heavy atom. The van der Waals surface area contributed by atoms with Crippen LogP contribution in [-0.4, -0.2) is 23.0 Å². The summed E-state index contributed by atoms with van der Waals surface area (Å²) in [6.45, 7) is 0.420. The van der Waals surface area contributed by atoms with Gasteiger partial charge in [0, 0.05) is 12.1 Å². The van der Waals surface area contributed by atoms with Crippen LogP contribution in [-0.2, 0) is 11.3 Å². The Bertz CT molecular complexity index is 995. The van der Waals surface area contributed by atoms with Crippen LogP contribution in [0.3, 0.4) is 0 Å². The highest BCUT2D eigenvalue weighted by atomic mass is 16.5. The van der Waals surface area contributed by atoms with Gasteiger partial charge in [0.25, 0.3) is 5.91 Å². The van der Waals surface area contributed by atoms with Crippen molar-refractivity contribution in [3.8, 4) is 5.75 Å². The first-order valence-corrected chi connectivity index (χ1v) is 9.16. The zero-order chi connectivity index (χ0) is 19.5. The Labute approximate surface area is 164 Å². The van der Waals surface area contributed by atoms with Gasteiger partial charge in [0.05, 0.1) is 13.2 Å². The first kappa shape index (κ1) is 17.9. The zero-order valence-electron chi connectivity index (χ0n) is 15.6. The smallest absolute Gasteiger partial charge is 0.290 e. The van der Waals surface area contributed by atoms with Crippen LogP contribution in [0, 0.1) is 0 Å². The van der Waals surface area contributed by atoms with Crippen LogP contribution in [0.1, 0.15) is 22.7 Å². The number of hydrogen-bond acceptors (Lipinski definition) is 3. The monoisotopic (exact) mass is 371 g/mol. The number of methoxy groups -OCH3 is 1. The van der Waals surface area contributed by atoms with Crippen molar-refractivity contribution >= 4 is 11.5 Å². The molecule has 4 heteroatoms. The standard InChI is InChI=1S/C24H21NO3/c1-28-20-14-12-18(13-15-20)21-22(19-10-6-3-7-11-19)25(24(27)23(21)26)16-17-8-4-2-5-9-17/h2-15,22,26H,16H2,1H3/t22-/m0/s1. The van der Waals surface area contributed by atoms with Gasteiger partial charge in [-0.25, -0.2) is 0 Å². The highest BCUT2D eigenvalue weighted by molar-refractivity contribution is 6.05. The van der Waals surface area contributed by atoms with Gasteiger partial charge < -0.3 is 14.7 Å². The Kier molecular flexibility index (Phi) is 4.85. The van der Waals surface area contributed by atoms with E-state index in [4.69, 9.17) is 4.74 Å². The average molecular weight is 371 g/mol. The second-order valence-electron chi connectivity index (χ2n) is 6.72. The number of nitrogens with zero attached hydrogens (tertiary/aromatic N) is 1. The van der Waals surface area contributed by atoms with Crippen LogP contribution in [0.4, 0.5) is 0 Å². The molecule has 0 saturated heterocycles. The predicted molar refractivity (Wildman–Crippen MR) is 109 cm³/mol. The molecule has 4 nitrogen and oxygen atoms in total. The Balaban J connectivity index is 1.79. The number of ether oxygens (including phenoxy) is 1. The molecule has 0 fully saturated rings. The first-order chi connectivity index (χ1) is 13.7. The third kappa shape index (κ3) is 3.25. The fourth-order valence-corrected chi connectivity index (χ4v) is 3.64. The number of aliphatic hydroxyl groups excluding tert-OH is 1. The molecule has 0 radical (unpaired) electrons. The van der Waals surface area contributed by atoms with Crippen LogP contribution in [0.25, 0.3) is 5.57 Å². The van der Waals surface area contributed by atoms with Crippen LogP contribution in [0.15, 0.2) is 90.7 Å². The van der Waals surface area contributed by atoms with Gasteiger partial charge in [-0.15, -0.1) is 0 Å². The summed E-state index contributed by atoms with van der Waals surface area (Å²) >= 11 is 0. The number of benzene rings is 3. The third-order valence-corrected chi connectivity index (χ3v) is 5.02. The molecule has 0 bridgehead atoms. The minimum Gasteiger partial charge on any atom is -0.503 e. The number of amides is 1. The second-order valence-corrected chi connectivity index (χ2v) is 6.72. The number of hydrogen-bond donors (Lipinski definition) is 1. The Morgan fingerprint density at radius 1 is 0.893 bits per heavy atom. The largest absolute Gasteiger partial charge is 0.503 e. The van der Waals surface area contributed by atoms with Crippen molar-refractivity contribution in [1.82, 2.24) is 4.90 Å². The molecule has 28 heavy (non-hydrogen) atoms. The number of carbonyl (C=O) groups is 1. The molecular weight excluding hydrogens is 350 g/mol. The van der Waals surface area contributed by atoms with E-state index in [0.717, 1.165) is 22.4 Å². The maximum Gasteiger partial charge on any atom is 0.290 e. The van der Waals surface area contributed by atoms with Crippen molar-refractivity contribution in [2.24, 2.45) is 0 Å². The highest BCUT2D eigenvalue weighted by Gasteiger charge is 2.40. The normalized spacial score (nSPS) is 16.5. The maximum atomic E-state index is 13.0. The van der Waals surface area contributed by atoms with E-state index in [0.29, 0.717) is 12.1 Å². The molecular formula is C24H21NO3. The van der Waals surface area contributed by atoms with Gasteiger partial charge in [-0.05, 0) is 28.8 Å². The van der Waals surface area contributed by atoms with Gasteiger partial charge in [0.15, 0.2) is 5.76 Å². The third-order valence-electron chi connectivity index (χ3n) is 5.02. The zero-order valence-corrected chi connectivity index (χ0v) is 15.6. The van der Waals surface area contributed by atoms with E-state index < -0.39 is 0 Å². The lowest BCUT2D eigenvalue weighted by Gasteiger charge is -2.27. The first-order valence-electron chi connectivity index (χ1n) is 9.16. The molecule has 1 aliphatic heterocycles. The summed E-state index contributed by atoms with van der Waals surface area (Å²) in [6.07, 6.45) is 0. The van der Waals surface area contributed by atoms with Gasteiger partial charge in [-0.3, -0.25) is 4.79 Å². The number of aliphatic hydroxyl groups is 1. The van der Waals surface area contributed by atoms with Crippen molar-refractivity contribution in [2.75, 3.05) is 7.11 Å². The van der Waals surface area contributed by atoms with Crippen LogP contribution < -0.4 is 4.74 Å². The summed E-state index contributed by atoms with van der Waals surface area (Å²) in [6, 6.07) is 26.7. The molecule has 1 amide bonds. The van der Waals surface area contributed by atoms with Gasteiger partial charge in [0.2, 0.25) is 0 Å². The molecule has 4 rings (SSSR count). The van der Waals surface area contributed by atoms with Gasteiger partial charge in [-0.1, -0.05) is 72.8 Å². The van der Waals surface area contributed by atoms with E-state index in [9.17, 15) is 9.90 Å². The molecule has 1 aliphatic rings. The molecule has 3 aromatic rings. The SMILES string of the molecule is COc1ccc(C2=C(O)C(=O)N(Cc3ccccc3)[C@H]2c2ccccc2)cc1. The Hall–Kier alpha value is -3.53. The van der Waals surface area contributed by atoms with E-state index in [-0.39, 0.29) is 17.7 Å². The fraction of sp³-hybridized carbons (Fsp3) is 0.125. The molecule has 0 unspecified atom stereocenters. The quantitative estimate of drug-likeness (QED) is 0.704.